The lowest BCUT2D eigenvalue weighted by atomic mass is 10.2. The highest BCUT2D eigenvalue weighted by Crippen LogP contribution is 2.39. The molecule has 1 saturated heterocycles. The molecule has 1 aromatic carbocycles. The molecule has 2 fully saturated rings. The Morgan fingerprint density at radius 2 is 2.12 bits per heavy atom. The lowest BCUT2D eigenvalue weighted by Crippen LogP contribution is -2.45. The van der Waals surface area contributed by atoms with Gasteiger partial charge in [-0.3, -0.25) is 9.89 Å². The van der Waals surface area contributed by atoms with Crippen LogP contribution < -0.4 is 20.1 Å². The molecule has 0 bridgehead atoms. The van der Waals surface area contributed by atoms with Gasteiger partial charge in [0, 0.05) is 38.8 Å². The number of ether oxygens (including phenoxy) is 2. The fraction of sp³-hybridized carbons (Fsp3) is 0.632. The molecule has 0 radical (unpaired) electrons. The summed E-state index contributed by atoms with van der Waals surface area (Å²) in [5, 5.41) is 7.00. The quantitative estimate of drug-likeness (QED) is 0.576. The summed E-state index contributed by atoms with van der Waals surface area (Å²) in [4.78, 5) is 7.05. The number of nitrogens with one attached hydrogen (secondary N) is 2. The summed E-state index contributed by atoms with van der Waals surface area (Å²) in [6, 6.07) is 5.36. The summed E-state index contributed by atoms with van der Waals surface area (Å²) >= 11 is 3.55. The van der Waals surface area contributed by atoms with Gasteiger partial charge in [-0.2, -0.15) is 0 Å². The minimum atomic E-state index is 0.285. The molecule has 1 unspecified atom stereocenters. The Kier molecular flexibility index (Phi) is 5.55. The van der Waals surface area contributed by atoms with Crippen molar-refractivity contribution in [1.29, 1.82) is 0 Å². The minimum Gasteiger partial charge on any atom is -0.454 e. The maximum Gasteiger partial charge on any atom is 0.231 e. The van der Waals surface area contributed by atoms with Gasteiger partial charge < -0.3 is 20.1 Å². The average Bonchev–Trinajstić information content (AvgIpc) is 3.38. The van der Waals surface area contributed by atoms with Crippen LogP contribution in [0.1, 0.15) is 37.7 Å². The molecule has 1 atom stereocenters. The van der Waals surface area contributed by atoms with Gasteiger partial charge in [0.25, 0.3) is 0 Å². The topological polar surface area (TPSA) is 58.1 Å². The van der Waals surface area contributed by atoms with Crippen LogP contribution in [0.5, 0.6) is 11.5 Å². The van der Waals surface area contributed by atoms with Crippen molar-refractivity contribution in [3.05, 3.63) is 22.2 Å². The Bertz CT molecular complexity index is 676. The number of likely N-dealkylation sites (tertiary alicyclic amines) is 1. The lowest BCUT2D eigenvalue weighted by molar-refractivity contribution is 0.173. The van der Waals surface area contributed by atoms with Crippen LogP contribution in [0.2, 0.25) is 0 Å². The van der Waals surface area contributed by atoms with Gasteiger partial charge in [-0.1, -0.05) is 12.8 Å². The minimum absolute atomic E-state index is 0.285. The number of guanidine groups is 1. The predicted octanol–water partition coefficient (Wildman–Crippen LogP) is 2.86. The summed E-state index contributed by atoms with van der Waals surface area (Å²) in [7, 11) is 1.83. The van der Waals surface area contributed by atoms with Crippen molar-refractivity contribution in [2.75, 3.05) is 26.9 Å². The maximum absolute atomic E-state index is 5.49. The number of rotatable bonds is 4. The normalized spacial score (nSPS) is 23.6. The van der Waals surface area contributed by atoms with Crippen molar-refractivity contribution >= 4 is 21.9 Å². The van der Waals surface area contributed by atoms with Crippen LogP contribution in [0.15, 0.2) is 21.6 Å². The zero-order valence-corrected chi connectivity index (χ0v) is 16.8. The van der Waals surface area contributed by atoms with Crippen LogP contribution in [0, 0.1) is 0 Å². The van der Waals surface area contributed by atoms with E-state index in [0.717, 1.165) is 40.1 Å². The molecule has 3 aliphatic rings. The summed E-state index contributed by atoms with van der Waals surface area (Å²) in [6.07, 6.45) is 6.73. The number of aliphatic imine (C=N–C) groups is 1. The van der Waals surface area contributed by atoms with Crippen LogP contribution in [0.25, 0.3) is 0 Å². The van der Waals surface area contributed by atoms with E-state index in [1.165, 1.54) is 38.6 Å². The summed E-state index contributed by atoms with van der Waals surface area (Å²) < 4.78 is 11.9. The second-order valence-electron chi connectivity index (χ2n) is 7.30. The molecule has 2 N–H and O–H groups in total. The molecule has 1 aromatic rings. The van der Waals surface area contributed by atoms with Crippen LogP contribution in [0.4, 0.5) is 0 Å². The first-order valence-corrected chi connectivity index (χ1v) is 10.3. The lowest BCUT2D eigenvalue weighted by Gasteiger charge is -2.24. The number of hydrogen-bond donors (Lipinski definition) is 2. The van der Waals surface area contributed by atoms with Crippen molar-refractivity contribution in [1.82, 2.24) is 15.5 Å². The van der Waals surface area contributed by atoms with E-state index in [9.17, 15) is 0 Å². The SMILES string of the molecule is CN=C(NCc1cc(Br)c2c(c1)OCO2)NC1CCN(C2CCCC2)C1. The van der Waals surface area contributed by atoms with Gasteiger partial charge in [0.2, 0.25) is 6.79 Å². The van der Waals surface area contributed by atoms with Crippen molar-refractivity contribution in [2.45, 2.75) is 50.7 Å². The fourth-order valence-electron chi connectivity index (χ4n) is 4.20. The predicted molar refractivity (Wildman–Crippen MR) is 106 cm³/mol. The second-order valence-corrected chi connectivity index (χ2v) is 8.15. The van der Waals surface area contributed by atoms with E-state index >= 15 is 0 Å². The van der Waals surface area contributed by atoms with Gasteiger partial charge in [0.05, 0.1) is 4.47 Å². The molecule has 2 aliphatic heterocycles. The number of nitrogens with zero attached hydrogens (tertiary/aromatic N) is 2. The van der Waals surface area contributed by atoms with Crippen molar-refractivity contribution in [3.8, 4) is 11.5 Å². The van der Waals surface area contributed by atoms with Crippen LogP contribution >= 0.6 is 15.9 Å². The highest BCUT2D eigenvalue weighted by molar-refractivity contribution is 9.10. The van der Waals surface area contributed by atoms with E-state index in [0.29, 0.717) is 12.6 Å². The van der Waals surface area contributed by atoms with Crippen molar-refractivity contribution in [3.63, 3.8) is 0 Å². The zero-order valence-electron chi connectivity index (χ0n) is 15.3. The monoisotopic (exact) mass is 422 g/mol. The molecule has 2 heterocycles. The smallest absolute Gasteiger partial charge is 0.231 e. The highest BCUT2D eigenvalue weighted by atomic mass is 79.9. The van der Waals surface area contributed by atoms with Crippen LogP contribution in [-0.4, -0.2) is 49.9 Å². The Morgan fingerprint density at radius 3 is 2.92 bits per heavy atom. The largest absolute Gasteiger partial charge is 0.454 e. The van der Waals surface area contributed by atoms with Gasteiger partial charge in [-0.05, 0) is 52.9 Å². The Hall–Kier alpha value is -1.47. The Labute approximate surface area is 163 Å². The molecular formula is C19H27BrN4O2. The fourth-order valence-corrected chi connectivity index (χ4v) is 4.81. The first-order valence-electron chi connectivity index (χ1n) is 9.52. The molecule has 0 amide bonds. The standard InChI is InChI=1S/C19H27BrN4O2/c1-21-19(23-14-6-7-24(11-14)15-4-2-3-5-15)22-10-13-8-16(20)18-17(9-13)25-12-26-18/h8-9,14-15H,2-7,10-12H2,1H3,(H2,21,22,23). The van der Waals surface area contributed by atoms with E-state index in [1.54, 1.807) is 0 Å². The third kappa shape index (κ3) is 3.93. The maximum atomic E-state index is 5.49. The number of halogens is 1. The number of fused-ring (bicyclic) bond motifs is 1. The van der Waals surface area contributed by atoms with Gasteiger partial charge in [-0.25, -0.2) is 0 Å². The van der Waals surface area contributed by atoms with Gasteiger partial charge in [0.15, 0.2) is 17.5 Å². The molecule has 1 saturated carbocycles. The Morgan fingerprint density at radius 1 is 1.27 bits per heavy atom. The first-order chi connectivity index (χ1) is 12.7. The summed E-state index contributed by atoms with van der Waals surface area (Å²) in [6.45, 7) is 3.30. The third-order valence-corrected chi connectivity index (χ3v) is 6.16. The molecule has 26 heavy (non-hydrogen) atoms. The van der Waals surface area contributed by atoms with Crippen LogP contribution in [0.3, 0.4) is 0 Å². The summed E-state index contributed by atoms with van der Waals surface area (Å²) in [5.41, 5.74) is 1.13. The van der Waals surface area contributed by atoms with Crippen molar-refractivity contribution in [2.24, 2.45) is 4.99 Å². The zero-order chi connectivity index (χ0) is 17.9. The molecule has 0 spiro atoms. The van der Waals surface area contributed by atoms with E-state index in [-0.39, 0.29) is 6.79 Å². The first kappa shape index (κ1) is 17.9. The van der Waals surface area contributed by atoms with Gasteiger partial charge in [-0.15, -0.1) is 0 Å². The van der Waals surface area contributed by atoms with E-state index in [1.807, 2.05) is 13.1 Å². The average molecular weight is 423 g/mol. The second kappa shape index (κ2) is 8.05. The highest BCUT2D eigenvalue weighted by Gasteiger charge is 2.30. The molecule has 4 rings (SSSR count). The number of hydrogen-bond acceptors (Lipinski definition) is 4. The molecule has 142 valence electrons. The van der Waals surface area contributed by atoms with E-state index in [4.69, 9.17) is 9.47 Å². The molecule has 7 heteroatoms. The molecular weight excluding hydrogens is 396 g/mol. The summed E-state index contributed by atoms with van der Waals surface area (Å²) in [5.74, 6) is 2.44. The molecule has 6 nitrogen and oxygen atoms in total. The number of benzene rings is 1. The third-order valence-electron chi connectivity index (χ3n) is 5.57. The van der Waals surface area contributed by atoms with E-state index < -0.39 is 0 Å². The Balaban J connectivity index is 1.29. The van der Waals surface area contributed by atoms with Gasteiger partial charge >= 0.3 is 0 Å². The molecule has 1 aliphatic carbocycles. The van der Waals surface area contributed by atoms with Gasteiger partial charge in [0.1, 0.15) is 0 Å². The van der Waals surface area contributed by atoms with E-state index in [2.05, 4.69) is 42.5 Å². The molecule has 0 aromatic heterocycles. The van der Waals surface area contributed by atoms with Crippen LogP contribution in [-0.2, 0) is 6.54 Å². The van der Waals surface area contributed by atoms with Crippen molar-refractivity contribution < 1.29 is 9.47 Å².